The summed E-state index contributed by atoms with van der Waals surface area (Å²) < 4.78 is 41.0. The van der Waals surface area contributed by atoms with E-state index in [9.17, 15) is 13.2 Å². The number of guanidine groups is 1. The summed E-state index contributed by atoms with van der Waals surface area (Å²) in [5.74, 6) is 2.42. The van der Waals surface area contributed by atoms with Gasteiger partial charge in [-0.05, 0) is 31.5 Å². The van der Waals surface area contributed by atoms with Gasteiger partial charge in [0, 0.05) is 45.5 Å². The lowest BCUT2D eigenvalue weighted by Crippen LogP contribution is -2.52. The largest absolute Gasteiger partial charge is 0.416 e. The maximum Gasteiger partial charge on any atom is 0.416 e. The van der Waals surface area contributed by atoms with Crippen LogP contribution < -0.4 is 10.2 Å². The van der Waals surface area contributed by atoms with Crippen LogP contribution >= 0.6 is 24.0 Å². The summed E-state index contributed by atoms with van der Waals surface area (Å²) in [7, 11) is 1.91. The van der Waals surface area contributed by atoms with Gasteiger partial charge >= 0.3 is 6.18 Å². The van der Waals surface area contributed by atoms with E-state index in [0.717, 1.165) is 43.1 Å². The van der Waals surface area contributed by atoms with Gasteiger partial charge in [-0.2, -0.15) is 13.2 Å². The zero-order chi connectivity index (χ0) is 22.4. The predicted octanol–water partition coefficient (Wildman–Crippen LogP) is 3.83. The molecule has 1 aliphatic rings. The molecule has 11 heteroatoms. The van der Waals surface area contributed by atoms with Crippen LogP contribution in [0.15, 0.2) is 29.3 Å². The van der Waals surface area contributed by atoms with Crippen LogP contribution in [0.5, 0.6) is 0 Å². The summed E-state index contributed by atoms with van der Waals surface area (Å²) in [6, 6.07) is 5.53. The van der Waals surface area contributed by atoms with Crippen molar-refractivity contribution in [3.05, 3.63) is 41.5 Å². The van der Waals surface area contributed by atoms with E-state index in [1.54, 1.807) is 6.07 Å². The zero-order valence-corrected chi connectivity index (χ0v) is 21.0. The highest BCUT2D eigenvalue weighted by Crippen LogP contribution is 2.31. The van der Waals surface area contributed by atoms with Crippen LogP contribution in [0.2, 0.25) is 0 Å². The number of rotatable bonds is 6. The number of unbranched alkanes of at least 4 members (excludes halogenated alkanes) is 1. The fourth-order valence-corrected chi connectivity index (χ4v) is 3.43. The third-order valence-electron chi connectivity index (χ3n) is 5.48. The standard InChI is InChI=1S/C21H30F3N7.HI/c1-4-5-9-25-20(26-15-19-28-27-16(2)29(19)3)31-12-10-30(11-13-31)18-8-6-7-17(14-18)21(22,23)24;/h6-8,14H,4-5,9-13,15H2,1-3H3,(H,25,26);1H. The Morgan fingerprint density at radius 3 is 2.47 bits per heavy atom. The highest BCUT2D eigenvalue weighted by atomic mass is 127. The Balaban J connectivity index is 0.00000363. The Morgan fingerprint density at radius 1 is 1.16 bits per heavy atom. The van der Waals surface area contributed by atoms with Crippen molar-refractivity contribution in [3.63, 3.8) is 0 Å². The monoisotopic (exact) mass is 565 g/mol. The fraction of sp³-hybridized carbons (Fsp3) is 0.571. The first kappa shape index (κ1) is 26.2. The molecular weight excluding hydrogens is 534 g/mol. The van der Waals surface area contributed by atoms with E-state index in [1.165, 1.54) is 12.1 Å². The Bertz CT molecular complexity index is 890. The molecule has 1 aromatic heterocycles. The summed E-state index contributed by atoms with van der Waals surface area (Å²) in [6.45, 7) is 7.86. The van der Waals surface area contributed by atoms with Crippen molar-refractivity contribution in [3.8, 4) is 0 Å². The van der Waals surface area contributed by atoms with Crippen LogP contribution in [0.3, 0.4) is 0 Å². The van der Waals surface area contributed by atoms with Crippen LogP contribution in [-0.4, -0.2) is 58.3 Å². The molecule has 1 N–H and O–H groups in total. The number of aliphatic imine (C=N–C) groups is 1. The van der Waals surface area contributed by atoms with Gasteiger partial charge in [0.05, 0.1) is 5.56 Å². The van der Waals surface area contributed by atoms with Crippen molar-refractivity contribution in [2.75, 3.05) is 37.6 Å². The second-order valence-electron chi connectivity index (χ2n) is 7.66. The third-order valence-corrected chi connectivity index (χ3v) is 5.48. The van der Waals surface area contributed by atoms with Gasteiger partial charge in [0.25, 0.3) is 0 Å². The quantitative estimate of drug-likeness (QED) is 0.250. The third kappa shape index (κ3) is 6.72. The van der Waals surface area contributed by atoms with E-state index >= 15 is 0 Å². The Labute approximate surface area is 204 Å². The Morgan fingerprint density at radius 2 is 1.88 bits per heavy atom. The summed E-state index contributed by atoms with van der Waals surface area (Å²) in [6.07, 6.45) is -2.22. The van der Waals surface area contributed by atoms with E-state index in [4.69, 9.17) is 4.99 Å². The molecule has 2 aromatic rings. The molecule has 178 valence electrons. The minimum Gasteiger partial charge on any atom is -0.368 e. The first-order chi connectivity index (χ1) is 14.8. The van der Waals surface area contributed by atoms with Gasteiger partial charge in [-0.25, -0.2) is 4.99 Å². The van der Waals surface area contributed by atoms with Crippen molar-refractivity contribution < 1.29 is 13.2 Å². The molecule has 32 heavy (non-hydrogen) atoms. The molecule has 1 fully saturated rings. The molecule has 2 heterocycles. The number of nitrogens with one attached hydrogen (secondary N) is 1. The summed E-state index contributed by atoms with van der Waals surface area (Å²) in [5, 5.41) is 11.7. The van der Waals surface area contributed by atoms with E-state index in [2.05, 4.69) is 27.3 Å². The number of alkyl halides is 3. The Kier molecular flexibility index (Phi) is 9.59. The second kappa shape index (κ2) is 11.7. The molecule has 0 aliphatic carbocycles. The van der Waals surface area contributed by atoms with Crippen molar-refractivity contribution in [2.45, 2.75) is 39.4 Å². The van der Waals surface area contributed by atoms with Gasteiger partial charge in [0.2, 0.25) is 0 Å². The smallest absolute Gasteiger partial charge is 0.368 e. The van der Waals surface area contributed by atoms with E-state index < -0.39 is 11.7 Å². The lowest BCUT2D eigenvalue weighted by atomic mass is 10.1. The minimum absolute atomic E-state index is 0. The van der Waals surface area contributed by atoms with Gasteiger partial charge in [0.15, 0.2) is 11.8 Å². The lowest BCUT2D eigenvalue weighted by Gasteiger charge is -2.38. The number of nitrogens with zero attached hydrogens (tertiary/aromatic N) is 6. The van der Waals surface area contributed by atoms with Crippen LogP contribution in [0.25, 0.3) is 0 Å². The molecule has 0 unspecified atom stereocenters. The summed E-state index contributed by atoms with van der Waals surface area (Å²) in [5.41, 5.74) is -0.0173. The van der Waals surface area contributed by atoms with Gasteiger partial charge < -0.3 is 19.7 Å². The average molecular weight is 565 g/mol. The highest BCUT2D eigenvalue weighted by Gasteiger charge is 2.31. The number of benzene rings is 1. The number of hydrogen-bond acceptors (Lipinski definition) is 4. The fourth-order valence-electron chi connectivity index (χ4n) is 3.43. The first-order valence-corrected chi connectivity index (χ1v) is 10.6. The SMILES string of the molecule is CCCCNC(=NCc1nnc(C)n1C)N1CCN(c2cccc(C(F)(F)F)c2)CC1.I. The number of halogens is 4. The summed E-state index contributed by atoms with van der Waals surface area (Å²) in [4.78, 5) is 8.89. The number of hydrogen-bond donors (Lipinski definition) is 1. The second-order valence-corrected chi connectivity index (χ2v) is 7.66. The Hall–Kier alpha value is -2.05. The highest BCUT2D eigenvalue weighted by molar-refractivity contribution is 14.0. The van der Waals surface area contributed by atoms with Crippen molar-refractivity contribution in [1.29, 1.82) is 0 Å². The zero-order valence-electron chi connectivity index (χ0n) is 18.7. The van der Waals surface area contributed by atoms with Gasteiger partial charge in [0.1, 0.15) is 12.4 Å². The molecule has 0 atom stereocenters. The molecule has 1 aliphatic heterocycles. The molecule has 1 aromatic carbocycles. The van der Waals surface area contributed by atoms with Crippen molar-refractivity contribution >= 4 is 35.6 Å². The molecule has 0 saturated carbocycles. The van der Waals surface area contributed by atoms with Crippen LogP contribution in [-0.2, 0) is 19.8 Å². The average Bonchev–Trinajstić information content (AvgIpc) is 3.08. The topological polar surface area (TPSA) is 61.6 Å². The molecule has 3 rings (SSSR count). The molecule has 7 nitrogen and oxygen atoms in total. The number of aryl methyl sites for hydroxylation is 1. The maximum atomic E-state index is 13.0. The molecular formula is C21H31F3IN7. The minimum atomic E-state index is -4.33. The lowest BCUT2D eigenvalue weighted by molar-refractivity contribution is -0.137. The van der Waals surface area contributed by atoms with Gasteiger partial charge in [-0.1, -0.05) is 19.4 Å². The normalized spacial score (nSPS) is 15.0. The van der Waals surface area contributed by atoms with Crippen LogP contribution in [0, 0.1) is 6.92 Å². The summed E-state index contributed by atoms with van der Waals surface area (Å²) >= 11 is 0. The maximum absolute atomic E-state index is 13.0. The predicted molar refractivity (Wildman–Crippen MR) is 130 cm³/mol. The van der Waals surface area contributed by atoms with E-state index in [1.807, 2.05) is 23.4 Å². The molecule has 0 amide bonds. The van der Waals surface area contributed by atoms with Crippen LogP contribution in [0.1, 0.15) is 37.0 Å². The van der Waals surface area contributed by atoms with Crippen LogP contribution in [0.4, 0.5) is 18.9 Å². The van der Waals surface area contributed by atoms with Crippen molar-refractivity contribution in [1.82, 2.24) is 25.0 Å². The molecule has 0 radical (unpaired) electrons. The molecule has 0 spiro atoms. The number of aromatic nitrogens is 3. The van der Waals surface area contributed by atoms with E-state index in [0.29, 0.717) is 38.4 Å². The number of piperazine rings is 1. The van der Waals surface area contributed by atoms with Gasteiger partial charge in [-0.15, -0.1) is 34.2 Å². The molecule has 0 bridgehead atoms. The molecule has 1 saturated heterocycles. The first-order valence-electron chi connectivity index (χ1n) is 10.6. The van der Waals surface area contributed by atoms with E-state index in [-0.39, 0.29) is 24.0 Å². The van der Waals surface area contributed by atoms with Gasteiger partial charge in [-0.3, -0.25) is 0 Å². The van der Waals surface area contributed by atoms with Crippen molar-refractivity contribution in [2.24, 2.45) is 12.0 Å². The number of anilines is 1.